The Balaban J connectivity index is 0.000000147. The highest BCUT2D eigenvalue weighted by molar-refractivity contribution is 7.27. The van der Waals surface area contributed by atoms with Crippen molar-refractivity contribution >= 4 is 85.0 Å². The number of fused-ring (bicyclic) bond motifs is 10. The molecule has 0 aliphatic rings. The Hall–Kier alpha value is -15.3. The molecule has 0 unspecified atom stereocenters. The largest absolute Gasteiger partial charge is 0.262 e. The fourth-order valence-corrected chi connectivity index (χ4v) is 18.2. The molecule has 22 aromatic rings. The van der Waals surface area contributed by atoms with Gasteiger partial charge in [0.05, 0.1) is 32.5 Å². The van der Waals surface area contributed by atoms with E-state index < -0.39 is 0 Å². The molecule has 12 heteroatoms. The minimum absolute atomic E-state index is 0.625. The molecule has 0 saturated carbocycles. The second kappa shape index (κ2) is 30.9. The van der Waals surface area contributed by atoms with Crippen molar-refractivity contribution in [1.29, 1.82) is 0 Å². The zero-order chi connectivity index (χ0) is 78.2. The average molecular weight is 1540 g/mol. The highest BCUT2D eigenvalue weighted by atomic mass is 32.1. The third-order valence-electron chi connectivity index (χ3n) is 21.6. The summed E-state index contributed by atoms with van der Waals surface area (Å²) < 4.78 is 4.89. The Labute approximate surface area is 688 Å². The van der Waals surface area contributed by atoms with Gasteiger partial charge >= 0.3 is 0 Å². The number of rotatable bonds is 14. The van der Waals surface area contributed by atoms with Crippen molar-refractivity contribution in [2.45, 2.75) is 0 Å². The molecule has 0 amide bonds. The molecule has 0 bridgehead atoms. The Kier molecular flexibility index (Phi) is 18.4. The lowest BCUT2D eigenvalue weighted by atomic mass is 9.96. The van der Waals surface area contributed by atoms with Crippen molar-refractivity contribution in [1.82, 2.24) is 49.8 Å². The van der Waals surface area contributed by atoms with Gasteiger partial charge in [-0.2, -0.15) is 0 Å². The topological polar surface area (TPSA) is 129 Å². The maximum absolute atomic E-state index is 5.15. The lowest BCUT2D eigenvalue weighted by Crippen LogP contribution is -2.00. The third-order valence-corrected chi connectivity index (χ3v) is 24.0. The minimum Gasteiger partial charge on any atom is -0.262 e. The first-order valence-corrected chi connectivity index (χ1v) is 40.8. The molecule has 0 radical (unpaired) electrons. The highest BCUT2D eigenvalue weighted by Crippen LogP contribution is 2.46. The van der Waals surface area contributed by atoms with E-state index in [1.165, 1.54) is 51.5 Å². The van der Waals surface area contributed by atoms with Gasteiger partial charge in [0.25, 0.3) is 0 Å². The fraction of sp³-hybridized carbons (Fsp3) is 0. The van der Waals surface area contributed by atoms with E-state index in [0.29, 0.717) is 34.9 Å². The van der Waals surface area contributed by atoms with Crippen LogP contribution in [0.2, 0.25) is 0 Å². The molecular weight excluding hydrogens is 1480 g/mol. The van der Waals surface area contributed by atoms with Crippen LogP contribution in [-0.2, 0) is 0 Å². The van der Waals surface area contributed by atoms with Crippen molar-refractivity contribution in [3.8, 4) is 158 Å². The maximum atomic E-state index is 5.15. The Morgan fingerprint density at radius 2 is 0.475 bits per heavy atom. The lowest BCUT2D eigenvalue weighted by Gasteiger charge is -2.11. The van der Waals surface area contributed by atoms with E-state index in [4.69, 9.17) is 39.9 Å². The minimum atomic E-state index is 0.625. The molecule has 0 saturated heterocycles. The van der Waals surface area contributed by atoms with E-state index in [0.717, 1.165) is 133 Å². The Morgan fingerprint density at radius 1 is 0.186 bits per heavy atom. The predicted molar refractivity (Wildman–Crippen MR) is 488 cm³/mol. The van der Waals surface area contributed by atoms with Gasteiger partial charge in [-0.3, -0.25) is 4.98 Å². The fourth-order valence-electron chi connectivity index (χ4n) is 15.7. The molecule has 14 aromatic carbocycles. The zero-order valence-electron chi connectivity index (χ0n) is 63.4. The van der Waals surface area contributed by atoms with Crippen LogP contribution in [0.4, 0.5) is 0 Å². The highest BCUT2D eigenvalue weighted by Gasteiger charge is 2.22. The summed E-state index contributed by atoms with van der Waals surface area (Å²) in [6.45, 7) is 0. The standard InChI is InChI=1S/2C53H33N5S/c1-3-12-34(13-4-1)35-25-29-39(30-26-35)51-56-50(38-14-5-2-6-15-38)57-52(58-51)43-19-10-18-42(33-43)41-17-9-16-40(32-41)36-23-27-37(28-24-36)48-49-47(44-20-7-8-22-46(44)59-49)45-21-11-31-54-53(45)55-48;1-3-11-34(12-4-1)35-23-27-39(28-24-35)52-56-51(38-13-5-2-6-14-38)57-53(58-52)43-18-10-17-42(32-43)41-16-9-15-40(31-41)36-21-25-37(26-22-36)49-50-48(44-29-30-54-33-46(44)55-49)45-19-7-8-20-47(45)59-50/h2*1-33H. The van der Waals surface area contributed by atoms with Crippen LogP contribution in [0.3, 0.4) is 0 Å². The van der Waals surface area contributed by atoms with Gasteiger partial charge in [-0.15, -0.1) is 22.7 Å². The molecule has 0 spiro atoms. The predicted octanol–water partition coefficient (Wildman–Crippen LogP) is 27.7. The van der Waals surface area contributed by atoms with Gasteiger partial charge in [-0.25, -0.2) is 44.9 Å². The Bertz CT molecular complexity index is 7060. The van der Waals surface area contributed by atoms with Crippen LogP contribution in [0.5, 0.6) is 0 Å². The molecule has 22 rings (SSSR count). The molecular formula is C106H66N10S2. The zero-order valence-corrected chi connectivity index (χ0v) is 65.0. The maximum Gasteiger partial charge on any atom is 0.164 e. The van der Waals surface area contributed by atoms with Crippen LogP contribution in [0.15, 0.2) is 401 Å². The molecule has 0 fully saturated rings. The number of hydrogen-bond acceptors (Lipinski definition) is 12. The average Bonchev–Trinajstić information content (AvgIpc) is 1.58. The number of hydrogen-bond donors (Lipinski definition) is 0. The second-order valence-electron chi connectivity index (χ2n) is 29.0. The van der Waals surface area contributed by atoms with Crippen molar-refractivity contribution in [2.24, 2.45) is 0 Å². The molecule has 118 heavy (non-hydrogen) atoms. The van der Waals surface area contributed by atoms with Crippen LogP contribution in [0, 0.1) is 0 Å². The monoisotopic (exact) mass is 1540 g/mol. The van der Waals surface area contributed by atoms with Crippen molar-refractivity contribution in [3.05, 3.63) is 401 Å². The van der Waals surface area contributed by atoms with Gasteiger partial charge in [-0.1, -0.05) is 328 Å². The van der Waals surface area contributed by atoms with Gasteiger partial charge in [0.15, 0.2) is 40.6 Å². The summed E-state index contributed by atoms with van der Waals surface area (Å²) in [7, 11) is 0. The summed E-state index contributed by atoms with van der Waals surface area (Å²) >= 11 is 3.59. The molecule has 552 valence electrons. The van der Waals surface area contributed by atoms with Gasteiger partial charge in [0, 0.05) is 98.6 Å². The van der Waals surface area contributed by atoms with E-state index in [-0.39, 0.29) is 0 Å². The first kappa shape index (κ1) is 70.5. The van der Waals surface area contributed by atoms with E-state index in [1.54, 1.807) is 22.7 Å². The summed E-state index contributed by atoms with van der Waals surface area (Å²) in [5, 5.41) is 7.19. The molecule has 0 atom stereocenters. The van der Waals surface area contributed by atoms with E-state index in [1.807, 2.05) is 97.5 Å². The van der Waals surface area contributed by atoms with Crippen LogP contribution >= 0.6 is 22.7 Å². The smallest absolute Gasteiger partial charge is 0.164 e. The molecule has 0 aliphatic heterocycles. The number of nitrogens with zero attached hydrogens (tertiary/aromatic N) is 10. The first-order chi connectivity index (χ1) is 58.4. The van der Waals surface area contributed by atoms with Crippen molar-refractivity contribution < 1.29 is 0 Å². The number of benzene rings is 14. The summed E-state index contributed by atoms with van der Waals surface area (Å²) in [6, 6.07) is 133. The quantitative estimate of drug-likeness (QED) is 0.104. The summed E-state index contributed by atoms with van der Waals surface area (Å²) in [5.41, 5.74) is 24.9. The van der Waals surface area contributed by atoms with Gasteiger partial charge in [0.2, 0.25) is 0 Å². The van der Waals surface area contributed by atoms with E-state index >= 15 is 0 Å². The van der Waals surface area contributed by atoms with Crippen LogP contribution in [-0.4, -0.2) is 49.8 Å². The Morgan fingerprint density at radius 3 is 0.898 bits per heavy atom. The van der Waals surface area contributed by atoms with Crippen LogP contribution in [0.25, 0.3) is 220 Å². The lowest BCUT2D eigenvalue weighted by molar-refractivity contribution is 1.07. The summed E-state index contributed by atoms with van der Waals surface area (Å²) in [6.07, 6.45) is 5.54. The van der Waals surface area contributed by atoms with Crippen molar-refractivity contribution in [2.75, 3.05) is 0 Å². The molecule has 8 aromatic heterocycles. The summed E-state index contributed by atoms with van der Waals surface area (Å²) in [5.74, 6) is 3.79. The first-order valence-electron chi connectivity index (χ1n) is 39.1. The number of thiophene rings is 2. The third kappa shape index (κ3) is 13.9. The van der Waals surface area contributed by atoms with Crippen LogP contribution < -0.4 is 0 Å². The van der Waals surface area contributed by atoms with Gasteiger partial charge in [-0.05, 0) is 121 Å². The molecule has 10 nitrogen and oxygen atoms in total. The van der Waals surface area contributed by atoms with Gasteiger partial charge in [0.1, 0.15) is 0 Å². The number of aromatic nitrogens is 10. The molecule has 8 heterocycles. The summed E-state index contributed by atoms with van der Waals surface area (Å²) in [4.78, 5) is 49.4. The SMILES string of the molecule is c1ccc(-c2ccc(-c3nc(-c4ccccc4)nc(-c4cccc(-c5cccc(-c6ccc(-c7nc8cnccc8c8c7sc7ccccc78)cc6)c5)c4)n3)cc2)cc1.c1ccc(-c2ccc(-c3nc(-c4ccccc4)nc(-c4cccc(-c5cccc(-c6ccc(-c7nc8ncccc8c8c7sc7ccccc78)cc6)c5)c4)n3)cc2)cc1. The van der Waals surface area contributed by atoms with E-state index in [9.17, 15) is 0 Å². The second-order valence-corrected chi connectivity index (χ2v) is 31.1. The normalized spacial score (nSPS) is 11.4. The van der Waals surface area contributed by atoms with Gasteiger partial charge < -0.3 is 0 Å². The molecule has 0 N–H and O–H groups in total. The van der Waals surface area contributed by atoms with Crippen LogP contribution in [0.1, 0.15) is 0 Å². The molecule has 0 aliphatic carbocycles. The van der Waals surface area contributed by atoms with Crippen molar-refractivity contribution in [3.63, 3.8) is 0 Å². The number of pyridine rings is 4. The van der Waals surface area contributed by atoms with E-state index in [2.05, 4.69) is 313 Å².